The molecule has 4 heteroatoms. The number of aliphatic hydroxyl groups is 1. The minimum atomic E-state index is 0.0795. The van der Waals surface area contributed by atoms with Crippen LogP contribution in [-0.4, -0.2) is 35.6 Å². The number of benzene rings is 1. The Morgan fingerprint density at radius 2 is 1.83 bits per heavy atom. The van der Waals surface area contributed by atoms with Crippen molar-refractivity contribution in [2.24, 2.45) is 16.8 Å². The topological polar surface area (TPSA) is 47.9 Å². The fourth-order valence-electron chi connectivity index (χ4n) is 4.03. The van der Waals surface area contributed by atoms with Crippen molar-refractivity contribution in [2.45, 2.75) is 45.8 Å². The van der Waals surface area contributed by atoms with E-state index in [-0.39, 0.29) is 6.61 Å². The van der Waals surface area contributed by atoms with E-state index in [1.807, 2.05) is 18.2 Å². The second-order valence-corrected chi connectivity index (χ2v) is 6.81. The first-order chi connectivity index (χ1) is 11.3. The van der Waals surface area contributed by atoms with Gasteiger partial charge in [0.05, 0.1) is 13.2 Å². The highest BCUT2D eigenvalue weighted by molar-refractivity contribution is 5.80. The third-order valence-electron chi connectivity index (χ3n) is 5.30. The van der Waals surface area contributed by atoms with Crippen LogP contribution in [0, 0.1) is 11.8 Å². The first-order valence-corrected chi connectivity index (χ1v) is 9.02. The Labute approximate surface area is 139 Å². The van der Waals surface area contributed by atoms with Crippen LogP contribution >= 0.6 is 0 Å². The predicted octanol–water partition coefficient (Wildman–Crippen LogP) is 2.77. The van der Waals surface area contributed by atoms with E-state index in [2.05, 4.69) is 23.2 Å². The molecule has 0 radical (unpaired) electrons. The zero-order chi connectivity index (χ0) is 16.1. The van der Waals surface area contributed by atoms with Gasteiger partial charge < -0.3 is 15.3 Å². The molecule has 1 saturated carbocycles. The summed E-state index contributed by atoms with van der Waals surface area (Å²) in [5.41, 5.74) is 2.09. The lowest BCUT2D eigenvalue weighted by Gasteiger charge is -2.22. The Balaban J connectivity index is 1.71. The summed E-state index contributed by atoms with van der Waals surface area (Å²) in [6.45, 7) is 6.03. The molecule has 1 heterocycles. The Bertz CT molecular complexity index is 529. The molecule has 2 unspecified atom stereocenters. The van der Waals surface area contributed by atoms with Crippen LogP contribution in [0.5, 0.6) is 0 Å². The van der Waals surface area contributed by atoms with E-state index < -0.39 is 0 Å². The van der Waals surface area contributed by atoms with Crippen LogP contribution < -0.4 is 5.32 Å². The van der Waals surface area contributed by atoms with Crippen LogP contribution in [0.1, 0.15) is 43.7 Å². The molecule has 1 saturated heterocycles. The van der Waals surface area contributed by atoms with Gasteiger partial charge in [-0.05, 0) is 42.7 Å². The number of nitrogens with one attached hydrogen (secondary N) is 1. The van der Waals surface area contributed by atoms with Crippen molar-refractivity contribution in [1.29, 1.82) is 0 Å². The third kappa shape index (κ3) is 3.86. The first-order valence-electron chi connectivity index (χ1n) is 9.02. The van der Waals surface area contributed by atoms with Crippen LogP contribution in [0.25, 0.3) is 0 Å². The quantitative estimate of drug-likeness (QED) is 0.663. The fraction of sp³-hybridized carbons (Fsp3) is 0.632. The molecule has 1 aliphatic heterocycles. The molecule has 4 nitrogen and oxygen atoms in total. The van der Waals surface area contributed by atoms with Gasteiger partial charge in [-0.3, -0.25) is 0 Å². The van der Waals surface area contributed by atoms with Gasteiger partial charge in [0.15, 0.2) is 5.96 Å². The number of hydrogen-bond donors (Lipinski definition) is 2. The number of aliphatic imine (C=N–C) groups is 1. The van der Waals surface area contributed by atoms with Gasteiger partial charge in [-0.25, -0.2) is 4.99 Å². The smallest absolute Gasteiger partial charge is 0.194 e. The summed E-state index contributed by atoms with van der Waals surface area (Å²) in [6, 6.07) is 8.01. The van der Waals surface area contributed by atoms with Crippen LogP contribution in [-0.2, 0) is 13.2 Å². The van der Waals surface area contributed by atoms with E-state index in [0.29, 0.717) is 6.54 Å². The van der Waals surface area contributed by atoms with Gasteiger partial charge in [0.25, 0.3) is 0 Å². The molecule has 2 fully saturated rings. The van der Waals surface area contributed by atoms with Crippen molar-refractivity contribution in [3.8, 4) is 0 Å². The molecule has 0 aromatic heterocycles. The highest BCUT2D eigenvalue weighted by Gasteiger charge is 2.35. The summed E-state index contributed by atoms with van der Waals surface area (Å²) in [4.78, 5) is 7.30. The van der Waals surface area contributed by atoms with E-state index >= 15 is 0 Å². The highest BCUT2D eigenvalue weighted by atomic mass is 16.3. The molecule has 23 heavy (non-hydrogen) atoms. The van der Waals surface area contributed by atoms with E-state index in [0.717, 1.165) is 48.6 Å². The Hall–Kier alpha value is -1.55. The second kappa shape index (κ2) is 7.82. The summed E-state index contributed by atoms with van der Waals surface area (Å²) in [6.07, 6.45) is 5.56. The van der Waals surface area contributed by atoms with Gasteiger partial charge >= 0.3 is 0 Å². The van der Waals surface area contributed by atoms with E-state index in [1.165, 1.54) is 25.7 Å². The lowest BCUT2D eigenvalue weighted by Crippen LogP contribution is -2.40. The zero-order valence-electron chi connectivity index (χ0n) is 14.2. The number of guanidine groups is 1. The molecule has 126 valence electrons. The lowest BCUT2D eigenvalue weighted by molar-refractivity contribution is 0.280. The largest absolute Gasteiger partial charge is 0.392 e. The molecule has 0 spiro atoms. The number of nitrogens with zero attached hydrogens (tertiary/aromatic N) is 2. The normalized spacial score (nSPS) is 24.6. The monoisotopic (exact) mass is 315 g/mol. The minimum absolute atomic E-state index is 0.0795. The molecule has 0 bridgehead atoms. The Kier molecular flexibility index (Phi) is 5.55. The van der Waals surface area contributed by atoms with Gasteiger partial charge in [-0.2, -0.15) is 0 Å². The van der Waals surface area contributed by atoms with E-state index in [9.17, 15) is 5.11 Å². The number of fused-ring (bicyclic) bond motifs is 1. The minimum Gasteiger partial charge on any atom is -0.392 e. The Morgan fingerprint density at radius 1 is 1.17 bits per heavy atom. The van der Waals surface area contributed by atoms with Crippen molar-refractivity contribution in [1.82, 2.24) is 10.2 Å². The molecule has 0 amide bonds. The maximum Gasteiger partial charge on any atom is 0.194 e. The van der Waals surface area contributed by atoms with Gasteiger partial charge in [0.2, 0.25) is 0 Å². The first kappa shape index (κ1) is 16.3. The molecule has 2 N–H and O–H groups in total. The van der Waals surface area contributed by atoms with Crippen LogP contribution in [0.15, 0.2) is 29.3 Å². The van der Waals surface area contributed by atoms with Crippen molar-refractivity contribution in [3.05, 3.63) is 35.4 Å². The zero-order valence-corrected chi connectivity index (χ0v) is 14.2. The molecular formula is C19H29N3O. The average molecular weight is 315 g/mol. The molecule has 2 aliphatic rings. The summed E-state index contributed by atoms with van der Waals surface area (Å²) in [5.74, 6) is 2.75. The number of aliphatic hydroxyl groups excluding tert-OH is 1. The summed E-state index contributed by atoms with van der Waals surface area (Å²) in [5, 5.41) is 12.9. The average Bonchev–Trinajstić information content (AvgIpc) is 3.02. The van der Waals surface area contributed by atoms with Crippen molar-refractivity contribution >= 4 is 5.96 Å². The van der Waals surface area contributed by atoms with Crippen LogP contribution in [0.3, 0.4) is 0 Å². The maximum atomic E-state index is 9.46. The van der Waals surface area contributed by atoms with E-state index in [4.69, 9.17) is 4.99 Å². The molecule has 1 aliphatic carbocycles. The fourth-order valence-corrected chi connectivity index (χ4v) is 4.03. The SMILES string of the molecule is CCNC(=NCc1ccccc1CO)N1CC2CCCCC2C1. The molecule has 1 aromatic carbocycles. The lowest BCUT2D eigenvalue weighted by atomic mass is 9.82. The molecule has 2 atom stereocenters. The highest BCUT2D eigenvalue weighted by Crippen LogP contribution is 2.36. The summed E-state index contributed by atoms with van der Waals surface area (Å²) < 4.78 is 0. The van der Waals surface area contributed by atoms with E-state index in [1.54, 1.807) is 0 Å². The number of hydrogen-bond acceptors (Lipinski definition) is 2. The van der Waals surface area contributed by atoms with Gasteiger partial charge in [0.1, 0.15) is 0 Å². The standard InChI is InChI=1S/C19H29N3O/c1-2-20-19(21-11-15-7-3-6-10-18(15)14-23)22-12-16-8-4-5-9-17(16)13-22/h3,6-7,10,16-17,23H,2,4-5,8-9,11-14H2,1H3,(H,20,21). The number of likely N-dealkylation sites (tertiary alicyclic amines) is 1. The molecule has 3 rings (SSSR count). The van der Waals surface area contributed by atoms with Crippen molar-refractivity contribution in [3.63, 3.8) is 0 Å². The summed E-state index contributed by atoms with van der Waals surface area (Å²) >= 11 is 0. The second-order valence-electron chi connectivity index (χ2n) is 6.81. The van der Waals surface area contributed by atoms with Gasteiger partial charge in [-0.1, -0.05) is 37.1 Å². The maximum absolute atomic E-state index is 9.46. The van der Waals surface area contributed by atoms with Crippen molar-refractivity contribution in [2.75, 3.05) is 19.6 Å². The third-order valence-corrected chi connectivity index (χ3v) is 5.30. The number of rotatable bonds is 4. The van der Waals surface area contributed by atoms with Gasteiger partial charge in [0, 0.05) is 19.6 Å². The Morgan fingerprint density at radius 3 is 2.43 bits per heavy atom. The molecular weight excluding hydrogens is 286 g/mol. The summed E-state index contributed by atoms with van der Waals surface area (Å²) in [7, 11) is 0. The van der Waals surface area contributed by atoms with Gasteiger partial charge in [-0.15, -0.1) is 0 Å². The van der Waals surface area contributed by atoms with Crippen LogP contribution in [0.4, 0.5) is 0 Å². The molecule has 1 aromatic rings. The van der Waals surface area contributed by atoms with Crippen molar-refractivity contribution < 1.29 is 5.11 Å². The predicted molar refractivity (Wildman–Crippen MR) is 94.2 cm³/mol. The van der Waals surface area contributed by atoms with Crippen LogP contribution in [0.2, 0.25) is 0 Å².